The molecular weight excluding hydrogens is 234 g/mol. The first-order valence-electron chi connectivity index (χ1n) is 8.12. The van der Waals surface area contributed by atoms with Crippen LogP contribution in [-0.2, 0) is 4.74 Å². The van der Waals surface area contributed by atoms with Crippen LogP contribution in [0.4, 0.5) is 0 Å². The summed E-state index contributed by atoms with van der Waals surface area (Å²) >= 11 is 0. The van der Waals surface area contributed by atoms with Gasteiger partial charge in [0, 0.05) is 18.8 Å². The van der Waals surface area contributed by atoms with Crippen LogP contribution in [-0.4, -0.2) is 18.8 Å². The van der Waals surface area contributed by atoms with E-state index in [9.17, 15) is 0 Å². The van der Waals surface area contributed by atoms with Crippen molar-refractivity contribution in [3.05, 3.63) is 0 Å². The molecule has 2 unspecified atom stereocenters. The van der Waals surface area contributed by atoms with Crippen LogP contribution in [0.25, 0.3) is 0 Å². The van der Waals surface area contributed by atoms with Gasteiger partial charge in [0.15, 0.2) is 0 Å². The van der Waals surface area contributed by atoms with E-state index in [1.54, 1.807) is 0 Å². The van der Waals surface area contributed by atoms with Crippen molar-refractivity contribution in [2.75, 3.05) is 13.2 Å². The molecule has 2 atom stereocenters. The van der Waals surface area contributed by atoms with Crippen LogP contribution in [0.2, 0.25) is 0 Å². The van der Waals surface area contributed by atoms with Crippen LogP contribution >= 0.6 is 0 Å². The summed E-state index contributed by atoms with van der Waals surface area (Å²) in [7, 11) is 0. The van der Waals surface area contributed by atoms with Gasteiger partial charge in [0.2, 0.25) is 0 Å². The standard InChI is InChI=1S/C17H35NO/c1-14(2)9-12-19-13-11-17(18)10-7-6-8-15(17)16(3,4)5/h14-15H,6-13,18H2,1-5H3. The number of ether oxygens (including phenoxy) is 1. The molecule has 0 heterocycles. The summed E-state index contributed by atoms with van der Waals surface area (Å²) in [6.07, 6.45) is 7.26. The van der Waals surface area contributed by atoms with Crippen molar-refractivity contribution in [2.24, 2.45) is 23.0 Å². The molecular formula is C17H35NO. The Kier molecular flexibility index (Phi) is 6.32. The molecule has 0 radical (unpaired) electrons. The maximum atomic E-state index is 6.75. The van der Waals surface area contributed by atoms with Gasteiger partial charge in [-0.2, -0.15) is 0 Å². The number of hydrogen-bond acceptors (Lipinski definition) is 2. The molecule has 2 nitrogen and oxygen atoms in total. The van der Waals surface area contributed by atoms with Gasteiger partial charge in [-0.3, -0.25) is 0 Å². The average molecular weight is 269 g/mol. The van der Waals surface area contributed by atoms with Gasteiger partial charge in [0.1, 0.15) is 0 Å². The van der Waals surface area contributed by atoms with E-state index >= 15 is 0 Å². The maximum absolute atomic E-state index is 6.75. The van der Waals surface area contributed by atoms with E-state index in [0.29, 0.717) is 11.3 Å². The van der Waals surface area contributed by atoms with Crippen LogP contribution in [0.3, 0.4) is 0 Å². The quantitative estimate of drug-likeness (QED) is 0.727. The first-order chi connectivity index (χ1) is 8.76. The third-order valence-corrected chi connectivity index (χ3v) is 4.68. The minimum atomic E-state index is -0.00562. The van der Waals surface area contributed by atoms with Gasteiger partial charge in [-0.05, 0) is 42.9 Å². The zero-order valence-electron chi connectivity index (χ0n) is 13.8. The third-order valence-electron chi connectivity index (χ3n) is 4.68. The van der Waals surface area contributed by atoms with Gasteiger partial charge in [0.05, 0.1) is 0 Å². The van der Waals surface area contributed by atoms with E-state index < -0.39 is 0 Å². The first-order valence-corrected chi connectivity index (χ1v) is 8.12. The Balaban J connectivity index is 2.43. The van der Waals surface area contributed by atoms with Crippen LogP contribution in [0.1, 0.15) is 73.1 Å². The molecule has 2 N–H and O–H groups in total. The average Bonchev–Trinajstić information content (AvgIpc) is 2.27. The highest BCUT2D eigenvalue weighted by Gasteiger charge is 2.42. The SMILES string of the molecule is CC(C)CCOCCC1(N)CCCCC1C(C)(C)C. The second kappa shape index (κ2) is 7.08. The lowest BCUT2D eigenvalue weighted by atomic mass is 9.61. The number of hydrogen-bond donors (Lipinski definition) is 1. The van der Waals surface area contributed by atoms with Crippen molar-refractivity contribution in [1.29, 1.82) is 0 Å². The van der Waals surface area contributed by atoms with E-state index in [4.69, 9.17) is 10.5 Å². The Bertz CT molecular complexity index is 256. The minimum Gasteiger partial charge on any atom is -0.381 e. The van der Waals surface area contributed by atoms with E-state index in [2.05, 4.69) is 34.6 Å². The molecule has 0 amide bonds. The second-order valence-electron chi connectivity index (χ2n) is 7.94. The molecule has 0 aromatic carbocycles. The van der Waals surface area contributed by atoms with E-state index in [0.717, 1.165) is 32.0 Å². The number of nitrogens with two attached hydrogens (primary N) is 1. The summed E-state index contributed by atoms with van der Waals surface area (Å²) in [6, 6.07) is 0. The van der Waals surface area contributed by atoms with E-state index in [1.807, 2.05) is 0 Å². The van der Waals surface area contributed by atoms with Crippen molar-refractivity contribution >= 4 is 0 Å². The fourth-order valence-corrected chi connectivity index (χ4v) is 3.54. The molecule has 1 aliphatic rings. The summed E-state index contributed by atoms with van der Waals surface area (Å²) in [4.78, 5) is 0. The molecule has 2 heteroatoms. The highest BCUT2D eigenvalue weighted by Crippen LogP contribution is 2.44. The summed E-state index contributed by atoms with van der Waals surface area (Å²) in [5.74, 6) is 1.35. The normalized spacial score (nSPS) is 28.9. The predicted octanol–water partition coefficient (Wildman–Crippen LogP) is 4.37. The third kappa shape index (κ3) is 5.43. The zero-order valence-corrected chi connectivity index (χ0v) is 13.8. The van der Waals surface area contributed by atoms with Crippen molar-refractivity contribution in [1.82, 2.24) is 0 Å². The summed E-state index contributed by atoms with van der Waals surface area (Å²) in [6.45, 7) is 13.2. The number of rotatable bonds is 6. The lowest BCUT2D eigenvalue weighted by Crippen LogP contribution is -2.54. The van der Waals surface area contributed by atoms with Crippen LogP contribution < -0.4 is 5.73 Å². The fraction of sp³-hybridized carbons (Fsp3) is 1.00. The van der Waals surface area contributed by atoms with Crippen LogP contribution in [0.5, 0.6) is 0 Å². The monoisotopic (exact) mass is 269 g/mol. The molecule has 19 heavy (non-hydrogen) atoms. The molecule has 1 rings (SSSR count). The largest absolute Gasteiger partial charge is 0.381 e. The minimum absolute atomic E-state index is 0.00562. The second-order valence-corrected chi connectivity index (χ2v) is 7.94. The van der Waals surface area contributed by atoms with Gasteiger partial charge in [-0.15, -0.1) is 0 Å². The van der Waals surface area contributed by atoms with Crippen LogP contribution in [0.15, 0.2) is 0 Å². The molecule has 0 aromatic heterocycles. The van der Waals surface area contributed by atoms with Crippen molar-refractivity contribution < 1.29 is 4.74 Å². The van der Waals surface area contributed by atoms with Gasteiger partial charge >= 0.3 is 0 Å². The predicted molar refractivity (Wildman–Crippen MR) is 83.2 cm³/mol. The van der Waals surface area contributed by atoms with E-state index in [-0.39, 0.29) is 5.54 Å². The molecule has 0 aromatic rings. The summed E-state index contributed by atoms with van der Waals surface area (Å²) < 4.78 is 5.79. The molecule has 0 aliphatic heterocycles. The van der Waals surface area contributed by atoms with Gasteiger partial charge in [-0.25, -0.2) is 0 Å². The van der Waals surface area contributed by atoms with Gasteiger partial charge in [-0.1, -0.05) is 47.5 Å². The Morgan fingerprint density at radius 1 is 1.21 bits per heavy atom. The van der Waals surface area contributed by atoms with Gasteiger partial charge in [0.25, 0.3) is 0 Å². The molecule has 1 fully saturated rings. The van der Waals surface area contributed by atoms with Crippen LogP contribution in [0, 0.1) is 17.3 Å². The zero-order chi connectivity index (χ0) is 14.5. The summed E-state index contributed by atoms with van der Waals surface area (Å²) in [5.41, 5.74) is 7.06. The topological polar surface area (TPSA) is 35.2 Å². The Morgan fingerprint density at radius 3 is 2.47 bits per heavy atom. The highest BCUT2D eigenvalue weighted by atomic mass is 16.5. The van der Waals surface area contributed by atoms with E-state index in [1.165, 1.54) is 25.7 Å². The molecule has 1 aliphatic carbocycles. The smallest absolute Gasteiger partial charge is 0.0483 e. The highest BCUT2D eigenvalue weighted by molar-refractivity contribution is 4.98. The van der Waals surface area contributed by atoms with Crippen molar-refractivity contribution in [3.63, 3.8) is 0 Å². The van der Waals surface area contributed by atoms with Crippen molar-refractivity contribution in [3.8, 4) is 0 Å². The maximum Gasteiger partial charge on any atom is 0.0483 e. The molecule has 0 spiro atoms. The lowest BCUT2D eigenvalue weighted by Gasteiger charge is -2.48. The van der Waals surface area contributed by atoms with Crippen molar-refractivity contribution in [2.45, 2.75) is 78.7 Å². The molecule has 114 valence electrons. The molecule has 0 saturated heterocycles. The molecule has 0 bridgehead atoms. The Labute approximate surface area is 120 Å². The molecule has 1 saturated carbocycles. The first kappa shape index (κ1) is 17.0. The fourth-order valence-electron chi connectivity index (χ4n) is 3.54. The Hall–Kier alpha value is -0.0800. The summed E-state index contributed by atoms with van der Waals surface area (Å²) in [5, 5.41) is 0. The lowest BCUT2D eigenvalue weighted by molar-refractivity contribution is 0.0379. The Morgan fingerprint density at radius 2 is 1.89 bits per heavy atom. The van der Waals surface area contributed by atoms with Gasteiger partial charge < -0.3 is 10.5 Å².